The Kier molecular flexibility index (Phi) is 4.31. The van der Waals surface area contributed by atoms with Gasteiger partial charge in [0.1, 0.15) is 5.69 Å². The summed E-state index contributed by atoms with van der Waals surface area (Å²) in [5.41, 5.74) is 10.2. The Bertz CT molecular complexity index is 598. The topological polar surface area (TPSA) is 60.0 Å². The average Bonchev–Trinajstić information content (AvgIpc) is 3.14. The van der Waals surface area contributed by atoms with Gasteiger partial charge in [0, 0.05) is 18.7 Å². The van der Waals surface area contributed by atoms with Gasteiger partial charge in [-0.25, -0.2) is 4.68 Å². The van der Waals surface area contributed by atoms with Crippen molar-refractivity contribution in [3.8, 4) is 11.3 Å². The second-order valence-corrected chi connectivity index (χ2v) is 5.73. The Morgan fingerprint density at radius 3 is 2.71 bits per heavy atom. The molecule has 2 aromatic rings. The smallest absolute Gasteiger partial charge is 0.104 e. The highest BCUT2D eigenvalue weighted by Gasteiger charge is 2.16. The van der Waals surface area contributed by atoms with E-state index in [1.165, 1.54) is 31.5 Å². The third-order valence-corrected chi connectivity index (χ3v) is 4.12. The van der Waals surface area contributed by atoms with Crippen LogP contribution in [-0.2, 0) is 13.1 Å². The zero-order valence-electron chi connectivity index (χ0n) is 12.6. The number of nitrogens with two attached hydrogens (primary N) is 1. The fraction of sp³-hybridized carbons (Fsp3) is 0.500. The summed E-state index contributed by atoms with van der Waals surface area (Å²) in [6.45, 7) is 6.84. The van der Waals surface area contributed by atoms with Crippen LogP contribution in [0.3, 0.4) is 0 Å². The van der Waals surface area contributed by atoms with Crippen molar-refractivity contribution in [1.29, 1.82) is 0 Å². The lowest BCUT2D eigenvalue weighted by molar-refractivity contribution is 0.315. The lowest BCUT2D eigenvalue weighted by Crippen LogP contribution is -2.24. The molecule has 1 aliphatic rings. The quantitative estimate of drug-likeness (QED) is 0.910. The van der Waals surface area contributed by atoms with E-state index < -0.39 is 0 Å². The molecule has 1 fully saturated rings. The molecular formula is C16H23N5. The summed E-state index contributed by atoms with van der Waals surface area (Å²) in [4.78, 5) is 2.49. The second-order valence-electron chi connectivity index (χ2n) is 5.73. The van der Waals surface area contributed by atoms with Crippen LogP contribution in [0.15, 0.2) is 24.3 Å². The maximum Gasteiger partial charge on any atom is 0.104 e. The van der Waals surface area contributed by atoms with Crippen LogP contribution in [0.25, 0.3) is 11.3 Å². The predicted molar refractivity (Wildman–Crippen MR) is 83.8 cm³/mol. The first-order chi connectivity index (χ1) is 10.3. The minimum Gasteiger partial charge on any atom is -0.325 e. The van der Waals surface area contributed by atoms with Crippen molar-refractivity contribution in [2.45, 2.75) is 32.9 Å². The first-order valence-corrected chi connectivity index (χ1v) is 7.70. The van der Waals surface area contributed by atoms with Gasteiger partial charge >= 0.3 is 0 Å². The number of rotatable bonds is 5. The van der Waals surface area contributed by atoms with E-state index in [2.05, 4.69) is 46.4 Å². The number of aryl methyl sites for hydroxylation is 1. The average molecular weight is 285 g/mol. The molecule has 0 spiro atoms. The summed E-state index contributed by atoms with van der Waals surface area (Å²) in [6, 6.07) is 8.45. The van der Waals surface area contributed by atoms with Crippen LogP contribution in [0.5, 0.6) is 0 Å². The SMILES string of the molecule is Cc1cccc(-c2c(CN)nnn2CCN2CCCC2)c1. The molecule has 2 heterocycles. The molecule has 5 heteroatoms. The molecule has 5 nitrogen and oxygen atoms in total. The van der Waals surface area contributed by atoms with Crippen molar-refractivity contribution in [3.63, 3.8) is 0 Å². The maximum atomic E-state index is 5.83. The van der Waals surface area contributed by atoms with Crippen LogP contribution in [0.4, 0.5) is 0 Å². The highest BCUT2D eigenvalue weighted by Crippen LogP contribution is 2.23. The van der Waals surface area contributed by atoms with Crippen molar-refractivity contribution >= 4 is 0 Å². The van der Waals surface area contributed by atoms with Gasteiger partial charge in [-0.2, -0.15) is 0 Å². The zero-order valence-corrected chi connectivity index (χ0v) is 12.6. The molecule has 0 unspecified atom stereocenters. The van der Waals surface area contributed by atoms with Gasteiger partial charge in [-0.1, -0.05) is 29.0 Å². The summed E-state index contributed by atoms with van der Waals surface area (Å²) < 4.78 is 2.01. The number of likely N-dealkylation sites (tertiary alicyclic amines) is 1. The number of hydrogen-bond acceptors (Lipinski definition) is 4. The van der Waals surface area contributed by atoms with Crippen LogP contribution in [0.1, 0.15) is 24.1 Å². The Morgan fingerprint density at radius 1 is 1.19 bits per heavy atom. The third kappa shape index (κ3) is 3.14. The summed E-state index contributed by atoms with van der Waals surface area (Å²) in [5, 5.41) is 8.57. The molecular weight excluding hydrogens is 262 g/mol. The lowest BCUT2D eigenvalue weighted by atomic mass is 10.1. The molecule has 0 saturated carbocycles. The summed E-state index contributed by atoms with van der Waals surface area (Å²) in [5.74, 6) is 0. The van der Waals surface area contributed by atoms with E-state index in [-0.39, 0.29) is 0 Å². The molecule has 1 aromatic carbocycles. The molecule has 0 radical (unpaired) electrons. The molecule has 21 heavy (non-hydrogen) atoms. The van der Waals surface area contributed by atoms with Gasteiger partial charge in [0.25, 0.3) is 0 Å². The van der Waals surface area contributed by atoms with E-state index in [9.17, 15) is 0 Å². The van der Waals surface area contributed by atoms with Crippen molar-refractivity contribution in [3.05, 3.63) is 35.5 Å². The highest BCUT2D eigenvalue weighted by molar-refractivity contribution is 5.62. The highest BCUT2D eigenvalue weighted by atomic mass is 15.4. The summed E-state index contributed by atoms with van der Waals surface area (Å²) in [7, 11) is 0. The number of hydrogen-bond donors (Lipinski definition) is 1. The largest absolute Gasteiger partial charge is 0.325 e. The Balaban J connectivity index is 1.85. The molecule has 1 saturated heterocycles. The molecule has 1 aliphatic heterocycles. The molecule has 112 valence electrons. The second kappa shape index (κ2) is 6.37. The molecule has 0 bridgehead atoms. The van der Waals surface area contributed by atoms with Gasteiger partial charge in [-0.15, -0.1) is 5.10 Å². The van der Waals surface area contributed by atoms with E-state index in [1.807, 2.05) is 4.68 Å². The van der Waals surface area contributed by atoms with E-state index in [1.54, 1.807) is 0 Å². The van der Waals surface area contributed by atoms with Crippen LogP contribution < -0.4 is 5.73 Å². The van der Waals surface area contributed by atoms with E-state index >= 15 is 0 Å². The zero-order chi connectivity index (χ0) is 14.7. The fourth-order valence-electron chi connectivity index (χ4n) is 2.99. The first kappa shape index (κ1) is 14.2. The third-order valence-electron chi connectivity index (χ3n) is 4.12. The normalized spacial score (nSPS) is 15.7. The van der Waals surface area contributed by atoms with Gasteiger partial charge in [0.15, 0.2) is 0 Å². The van der Waals surface area contributed by atoms with E-state index in [0.29, 0.717) is 6.54 Å². The fourth-order valence-corrected chi connectivity index (χ4v) is 2.99. The van der Waals surface area contributed by atoms with E-state index in [4.69, 9.17) is 5.73 Å². The molecule has 3 rings (SSSR count). The van der Waals surface area contributed by atoms with Crippen molar-refractivity contribution in [1.82, 2.24) is 19.9 Å². The maximum absolute atomic E-state index is 5.83. The van der Waals surface area contributed by atoms with Crippen molar-refractivity contribution < 1.29 is 0 Å². The van der Waals surface area contributed by atoms with Gasteiger partial charge in [0.05, 0.1) is 12.2 Å². The lowest BCUT2D eigenvalue weighted by Gasteiger charge is -2.15. The first-order valence-electron chi connectivity index (χ1n) is 7.70. The Morgan fingerprint density at radius 2 is 2.00 bits per heavy atom. The monoisotopic (exact) mass is 285 g/mol. The van der Waals surface area contributed by atoms with Crippen LogP contribution in [-0.4, -0.2) is 39.5 Å². The minimum absolute atomic E-state index is 0.424. The Hall–Kier alpha value is -1.72. The van der Waals surface area contributed by atoms with Gasteiger partial charge < -0.3 is 10.6 Å². The van der Waals surface area contributed by atoms with Crippen molar-refractivity contribution in [2.75, 3.05) is 19.6 Å². The molecule has 0 amide bonds. The standard InChI is InChI=1S/C16H23N5/c1-13-5-4-6-14(11-13)16-15(12-17)18-19-21(16)10-9-20-7-2-3-8-20/h4-6,11H,2-3,7-10,12,17H2,1H3. The van der Waals surface area contributed by atoms with E-state index in [0.717, 1.165) is 30.0 Å². The van der Waals surface area contributed by atoms with Gasteiger partial charge in [0.2, 0.25) is 0 Å². The van der Waals surface area contributed by atoms with Gasteiger partial charge in [-0.3, -0.25) is 0 Å². The number of benzene rings is 1. The molecule has 0 aliphatic carbocycles. The van der Waals surface area contributed by atoms with Gasteiger partial charge in [-0.05, 0) is 38.9 Å². The van der Waals surface area contributed by atoms with Crippen LogP contribution >= 0.6 is 0 Å². The number of nitrogens with zero attached hydrogens (tertiary/aromatic N) is 4. The summed E-state index contributed by atoms with van der Waals surface area (Å²) >= 11 is 0. The molecule has 1 aromatic heterocycles. The minimum atomic E-state index is 0.424. The van der Waals surface area contributed by atoms with Crippen LogP contribution in [0.2, 0.25) is 0 Å². The predicted octanol–water partition coefficient (Wildman–Crippen LogP) is 1.81. The van der Waals surface area contributed by atoms with Crippen LogP contribution in [0, 0.1) is 6.92 Å². The van der Waals surface area contributed by atoms with Crippen molar-refractivity contribution in [2.24, 2.45) is 5.73 Å². The molecule has 0 atom stereocenters. The summed E-state index contributed by atoms with van der Waals surface area (Å²) in [6.07, 6.45) is 2.63. The Labute approximate surface area is 125 Å². The number of aromatic nitrogens is 3. The molecule has 2 N–H and O–H groups in total.